The summed E-state index contributed by atoms with van der Waals surface area (Å²) >= 11 is 2.78. The molecular formula is C9H6BrF3O. The summed E-state index contributed by atoms with van der Waals surface area (Å²) in [6.45, 7) is 1.12. The third-order valence-electron chi connectivity index (χ3n) is 1.73. The third-order valence-corrected chi connectivity index (χ3v) is 2.34. The molecule has 0 aliphatic carbocycles. The van der Waals surface area contributed by atoms with Gasteiger partial charge in [-0.05, 0) is 35.0 Å². The Balaban J connectivity index is 3.45. The minimum absolute atomic E-state index is 0.0715. The molecule has 5 heteroatoms. The van der Waals surface area contributed by atoms with Gasteiger partial charge in [0.05, 0.1) is 10.0 Å². The lowest BCUT2D eigenvalue weighted by atomic mass is 10.0. The second kappa shape index (κ2) is 4.13. The van der Waals surface area contributed by atoms with Crippen molar-refractivity contribution in [1.82, 2.24) is 0 Å². The SMILES string of the molecule is CC(=O)c1ccc(Br)c(F)c1C(F)F. The molecule has 0 radical (unpaired) electrons. The van der Waals surface area contributed by atoms with Crippen molar-refractivity contribution in [3.8, 4) is 0 Å². The van der Waals surface area contributed by atoms with Gasteiger partial charge in [0.2, 0.25) is 0 Å². The lowest BCUT2D eigenvalue weighted by Gasteiger charge is -2.08. The van der Waals surface area contributed by atoms with Gasteiger partial charge in [0.25, 0.3) is 6.43 Å². The molecule has 0 aromatic heterocycles. The molecule has 1 aromatic rings. The molecule has 1 aromatic carbocycles. The fourth-order valence-electron chi connectivity index (χ4n) is 1.09. The van der Waals surface area contributed by atoms with Crippen LogP contribution < -0.4 is 0 Å². The minimum atomic E-state index is -2.99. The second-order valence-electron chi connectivity index (χ2n) is 2.68. The first-order valence-corrected chi connectivity index (χ1v) is 4.51. The van der Waals surface area contributed by atoms with Crippen LogP contribution in [-0.2, 0) is 0 Å². The normalized spacial score (nSPS) is 10.7. The number of rotatable bonds is 2. The van der Waals surface area contributed by atoms with E-state index >= 15 is 0 Å². The van der Waals surface area contributed by atoms with Gasteiger partial charge in [-0.3, -0.25) is 4.79 Å². The molecule has 0 amide bonds. The molecule has 1 nitrogen and oxygen atoms in total. The molecule has 0 heterocycles. The molecule has 0 atom stereocenters. The van der Waals surface area contributed by atoms with Crippen LogP contribution in [0.15, 0.2) is 16.6 Å². The maximum Gasteiger partial charge on any atom is 0.267 e. The van der Waals surface area contributed by atoms with Crippen LogP contribution in [-0.4, -0.2) is 5.78 Å². The molecule has 0 bridgehead atoms. The van der Waals surface area contributed by atoms with Crippen molar-refractivity contribution in [3.05, 3.63) is 33.5 Å². The molecule has 0 saturated heterocycles. The minimum Gasteiger partial charge on any atom is -0.294 e. The van der Waals surface area contributed by atoms with E-state index in [0.717, 1.165) is 6.92 Å². The number of carbonyl (C=O) groups is 1. The first-order valence-electron chi connectivity index (χ1n) is 3.72. The lowest BCUT2D eigenvalue weighted by molar-refractivity contribution is 0.0995. The summed E-state index contributed by atoms with van der Waals surface area (Å²) in [4.78, 5) is 10.9. The molecule has 0 N–H and O–H groups in total. The van der Waals surface area contributed by atoms with Gasteiger partial charge in [0, 0.05) is 5.56 Å². The molecule has 0 aliphatic heterocycles. The molecule has 1 rings (SSSR count). The Morgan fingerprint density at radius 2 is 2.00 bits per heavy atom. The molecule has 0 fully saturated rings. The fraction of sp³-hybridized carbons (Fsp3) is 0.222. The zero-order chi connectivity index (χ0) is 10.9. The van der Waals surface area contributed by atoms with Crippen molar-refractivity contribution in [2.24, 2.45) is 0 Å². The molecule has 0 saturated carbocycles. The van der Waals surface area contributed by atoms with Gasteiger partial charge in [-0.15, -0.1) is 0 Å². The summed E-state index contributed by atoms with van der Waals surface area (Å²) in [5.74, 6) is -1.65. The summed E-state index contributed by atoms with van der Waals surface area (Å²) in [7, 11) is 0. The van der Waals surface area contributed by atoms with Crippen LogP contribution >= 0.6 is 15.9 Å². The predicted octanol–water partition coefficient (Wildman–Crippen LogP) is 3.73. The average molecular weight is 267 g/mol. The lowest BCUT2D eigenvalue weighted by Crippen LogP contribution is -2.03. The highest BCUT2D eigenvalue weighted by atomic mass is 79.9. The third kappa shape index (κ3) is 1.97. The fourth-order valence-corrected chi connectivity index (χ4v) is 1.43. The average Bonchev–Trinajstić information content (AvgIpc) is 2.08. The van der Waals surface area contributed by atoms with Crippen molar-refractivity contribution in [3.63, 3.8) is 0 Å². The molecule has 0 spiro atoms. The Hall–Kier alpha value is -0.840. The van der Waals surface area contributed by atoms with Gasteiger partial charge < -0.3 is 0 Å². The first-order chi connectivity index (χ1) is 6.45. The monoisotopic (exact) mass is 266 g/mol. The van der Waals surface area contributed by atoms with Crippen LogP contribution in [0.4, 0.5) is 13.2 Å². The van der Waals surface area contributed by atoms with Crippen molar-refractivity contribution in [2.45, 2.75) is 13.3 Å². The maximum atomic E-state index is 13.2. The van der Waals surface area contributed by atoms with E-state index in [-0.39, 0.29) is 10.0 Å². The van der Waals surface area contributed by atoms with E-state index in [2.05, 4.69) is 15.9 Å². The summed E-state index contributed by atoms with van der Waals surface area (Å²) in [5, 5.41) is 0. The maximum absolute atomic E-state index is 13.2. The highest BCUT2D eigenvalue weighted by molar-refractivity contribution is 9.10. The van der Waals surface area contributed by atoms with Crippen LogP contribution in [0.2, 0.25) is 0 Å². The summed E-state index contributed by atoms with van der Waals surface area (Å²) in [5.41, 5.74) is -1.12. The predicted molar refractivity (Wildman–Crippen MR) is 49.1 cm³/mol. The van der Waals surface area contributed by atoms with Gasteiger partial charge in [-0.1, -0.05) is 0 Å². The highest BCUT2D eigenvalue weighted by Gasteiger charge is 2.22. The van der Waals surface area contributed by atoms with Gasteiger partial charge in [0.1, 0.15) is 5.82 Å². The van der Waals surface area contributed by atoms with Crippen molar-refractivity contribution >= 4 is 21.7 Å². The van der Waals surface area contributed by atoms with E-state index in [0.29, 0.717) is 0 Å². The molecule has 14 heavy (non-hydrogen) atoms. The van der Waals surface area contributed by atoms with Crippen molar-refractivity contribution in [2.75, 3.05) is 0 Å². The van der Waals surface area contributed by atoms with Gasteiger partial charge in [-0.25, -0.2) is 13.2 Å². The number of alkyl halides is 2. The number of hydrogen-bond donors (Lipinski definition) is 0. The van der Waals surface area contributed by atoms with E-state index in [1.54, 1.807) is 0 Å². The van der Waals surface area contributed by atoms with Crippen LogP contribution in [0.1, 0.15) is 29.3 Å². The van der Waals surface area contributed by atoms with E-state index in [1.807, 2.05) is 0 Å². The standard InChI is InChI=1S/C9H6BrF3O/c1-4(14)5-2-3-6(10)8(11)7(5)9(12)13/h2-3,9H,1H3. The quantitative estimate of drug-likeness (QED) is 0.746. The van der Waals surface area contributed by atoms with Crippen molar-refractivity contribution in [1.29, 1.82) is 0 Å². The second-order valence-corrected chi connectivity index (χ2v) is 3.53. The van der Waals surface area contributed by atoms with E-state index in [9.17, 15) is 18.0 Å². The summed E-state index contributed by atoms with van der Waals surface area (Å²) < 4.78 is 38.0. The van der Waals surface area contributed by atoms with Gasteiger partial charge in [0.15, 0.2) is 5.78 Å². The van der Waals surface area contributed by atoms with Crippen LogP contribution in [0, 0.1) is 5.82 Å². The van der Waals surface area contributed by atoms with E-state index < -0.39 is 23.6 Å². The van der Waals surface area contributed by atoms with E-state index in [1.165, 1.54) is 12.1 Å². The van der Waals surface area contributed by atoms with Crippen LogP contribution in [0.25, 0.3) is 0 Å². The molecule has 0 unspecified atom stereocenters. The number of hydrogen-bond acceptors (Lipinski definition) is 1. The van der Waals surface area contributed by atoms with Crippen LogP contribution in [0.5, 0.6) is 0 Å². The van der Waals surface area contributed by atoms with Crippen molar-refractivity contribution < 1.29 is 18.0 Å². The summed E-state index contributed by atoms with van der Waals surface area (Å²) in [6.07, 6.45) is -2.99. The highest BCUT2D eigenvalue weighted by Crippen LogP contribution is 2.30. The smallest absolute Gasteiger partial charge is 0.267 e. The number of halogens is 4. The Morgan fingerprint density at radius 3 is 2.43 bits per heavy atom. The number of carbonyl (C=O) groups excluding carboxylic acids is 1. The first kappa shape index (κ1) is 11.2. The number of benzene rings is 1. The molecule has 0 aliphatic rings. The molecular weight excluding hydrogens is 261 g/mol. The Bertz CT molecular complexity index is 377. The van der Waals surface area contributed by atoms with Gasteiger partial charge >= 0.3 is 0 Å². The zero-order valence-corrected chi connectivity index (χ0v) is 8.74. The largest absolute Gasteiger partial charge is 0.294 e. The van der Waals surface area contributed by atoms with Gasteiger partial charge in [-0.2, -0.15) is 0 Å². The summed E-state index contributed by atoms with van der Waals surface area (Å²) in [6, 6.07) is 2.41. The Kier molecular flexibility index (Phi) is 3.31. The molecule has 76 valence electrons. The number of Topliss-reactive ketones (excluding diaryl/α,β-unsaturated/α-hetero) is 1. The van der Waals surface area contributed by atoms with Crippen LogP contribution in [0.3, 0.4) is 0 Å². The Labute approximate surface area is 87.1 Å². The Morgan fingerprint density at radius 1 is 1.43 bits per heavy atom. The number of ketones is 1. The topological polar surface area (TPSA) is 17.1 Å². The van der Waals surface area contributed by atoms with E-state index in [4.69, 9.17) is 0 Å². The zero-order valence-electron chi connectivity index (χ0n) is 7.15.